The van der Waals surface area contributed by atoms with Gasteiger partial charge in [0.25, 0.3) is 5.91 Å². The van der Waals surface area contributed by atoms with Crippen molar-refractivity contribution in [1.82, 2.24) is 10.3 Å². The van der Waals surface area contributed by atoms with Crippen molar-refractivity contribution >= 4 is 75.2 Å². The third kappa shape index (κ3) is 5.88. The predicted octanol–water partition coefficient (Wildman–Crippen LogP) is 4.71. The first kappa shape index (κ1) is 31.4. The van der Waals surface area contributed by atoms with Crippen molar-refractivity contribution < 1.29 is 34.5 Å². The summed E-state index contributed by atoms with van der Waals surface area (Å²) in [5.41, 5.74) is -1.51. The van der Waals surface area contributed by atoms with E-state index in [1.54, 1.807) is 25.1 Å². The van der Waals surface area contributed by atoms with E-state index in [1.165, 1.54) is 25.1 Å². The van der Waals surface area contributed by atoms with Gasteiger partial charge in [0.15, 0.2) is 11.4 Å². The highest BCUT2D eigenvalue weighted by atomic mass is 35.5. The number of benzene rings is 2. The molecule has 2 aliphatic heterocycles. The first-order chi connectivity index (χ1) is 20.1. The highest BCUT2D eigenvalue weighted by Gasteiger charge is 2.48. The average Bonchev–Trinajstić information content (AvgIpc) is 3.46. The number of nitrogens with one attached hydrogen (secondary N) is 1. The normalized spacial score (nSPS) is 21.2. The monoisotopic (exact) mass is 627 g/mol. The molecule has 1 aromatic heterocycles. The van der Waals surface area contributed by atoms with E-state index in [0.717, 1.165) is 10.4 Å². The number of carbonyl (C=O) groups excluding carboxylic acids is 1. The fraction of sp³-hybridized carbons (Fsp3) is 0.276. The predicted molar refractivity (Wildman–Crippen MR) is 161 cm³/mol. The number of anilines is 1. The van der Waals surface area contributed by atoms with Gasteiger partial charge in [-0.3, -0.25) is 4.79 Å². The number of hydrogen-bond donors (Lipinski definition) is 4. The maximum absolute atomic E-state index is 12.3. The molecule has 0 spiro atoms. The highest BCUT2D eigenvalue weighted by Crippen LogP contribution is 2.38. The summed E-state index contributed by atoms with van der Waals surface area (Å²) in [5.74, 6) is -3.60. The van der Waals surface area contributed by atoms with Crippen molar-refractivity contribution in [1.29, 1.82) is 0 Å². The second-order valence-corrected chi connectivity index (χ2v) is 11.5. The van der Waals surface area contributed by atoms with E-state index in [1.807, 2.05) is 26.0 Å². The number of carbonyl (C=O) groups is 4. The quantitative estimate of drug-likeness (QED) is 0.300. The zero-order valence-corrected chi connectivity index (χ0v) is 24.9. The van der Waals surface area contributed by atoms with Crippen LogP contribution >= 0.6 is 23.2 Å². The van der Waals surface area contributed by atoms with Crippen molar-refractivity contribution in [2.75, 3.05) is 5.01 Å². The van der Waals surface area contributed by atoms with Crippen LogP contribution in [0.2, 0.25) is 10.0 Å². The highest BCUT2D eigenvalue weighted by molar-refractivity contribution is 6.38. The fourth-order valence-corrected chi connectivity index (χ4v) is 4.92. The number of pyridine rings is 1. The minimum Gasteiger partial charge on any atom is -0.479 e. The third-order valence-electron chi connectivity index (χ3n) is 7.38. The van der Waals surface area contributed by atoms with E-state index < -0.39 is 29.0 Å². The number of aliphatic imine (C=N–C) groups is 1. The van der Waals surface area contributed by atoms with Crippen LogP contribution in [0.4, 0.5) is 5.69 Å². The van der Waals surface area contributed by atoms with Crippen LogP contribution in [-0.2, 0) is 14.4 Å². The zero-order chi connectivity index (χ0) is 31.9. The number of aliphatic carboxylic acids is 2. The van der Waals surface area contributed by atoms with Gasteiger partial charge in [-0.05, 0) is 50.1 Å². The van der Waals surface area contributed by atoms with Gasteiger partial charge < -0.3 is 20.6 Å². The SMILES string of the molecule is CC(C)C1(C)N=C(c2nc3ccccc3cc2C(=O)O)NC1=O.CC1(C(=O)O)CC(C(=O)O)=NN1c1ccc(Cl)cc1Cl. The molecular weight excluding hydrogens is 601 g/mol. The molecular formula is C29H27Cl2N5O7. The number of nitrogens with zero attached hydrogens (tertiary/aromatic N) is 4. The van der Waals surface area contributed by atoms with Crippen molar-refractivity contribution in [3.05, 3.63) is 69.8 Å². The largest absolute Gasteiger partial charge is 0.479 e. The molecule has 0 aliphatic carbocycles. The van der Waals surface area contributed by atoms with Crippen LogP contribution in [0.25, 0.3) is 10.9 Å². The first-order valence-corrected chi connectivity index (χ1v) is 13.7. The number of hydrogen-bond acceptors (Lipinski definition) is 8. The lowest BCUT2D eigenvalue weighted by atomic mass is 9.89. The number of aromatic carboxylic acids is 1. The molecule has 0 saturated heterocycles. The van der Waals surface area contributed by atoms with Gasteiger partial charge in [0.1, 0.15) is 16.9 Å². The standard InChI is InChI=1S/C17H17N3O3.C12H10Cl2N2O4/c1-9(2)17(3)16(23)19-14(20-17)13-11(15(21)22)8-10-6-4-5-7-12(10)18-13;1-12(11(19)20)5-8(10(17)18)15-16(12)9-3-2-6(13)4-7(9)14/h4-9H,1-3H3,(H,21,22)(H,19,20,23);2-4H,5H2,1H3,(H,17,18)(H,19,20). The molecule has 0 fully saturated rings. The molecule has 2 atom stereocenters. The Balaban J connectivity index is 0.000000199. The van der Waals surface area contributed by atoms with Gasteiger partial charge in [-0.2, -0.15) is 5.10 Å². The number of para-hydroxylation sites is 1. The lowest BCUT2D eigenvalue weighted by Gasteiger charge is -2.30. The van der Waals surface area contributed by atoms with Gasteiger partial charge in [-0.1, -0.05) is 55.2 Å². The van der Waals surface area contributed by atoms with E-state index in [0.29, 0.717) is 10.5 Å². The number of hydrazone groups is 1. The van der Waals surface area contributed by atoms with Crippen LogP contribution in [0.15, 0.2) is 58.6 Å². The second kappa shape index (κ2) is 11.6. The number of amidine groups is 1. The molecule has 43 heavy (non-hydrogen) atoms. The Kier molecular flexibility index (Phi) is 8.48. The van der Waals surface area contributed by atoms with Gasteiger partial charge in [0.2, 0.25) is 0 Å². The van der Waals surface area contributed by atoms with Gasteiger partial charge in [0, 0.05) is 16.8 Å². The molecule has 2 aliphatic rings. The molecule has 224 valence electrons. The van der Waals surface area contributed by atoms with Crippen LogP contribution in [0.1, 0.15) is 50.2 Å². The lowest BCUT2D eigenvalue weighted by Crippen LogP contribution is -2.47. The van der Waals surface area contributed by atoms with Crippen LogP contribution in [0.5, 0.6) is 0 Å². The Hall–Kier alpha value is -4.55. The van der Waals surface area contributed by atoms with Crippen LogP contribution in [0.3, 0.4) is 0 Å². The summed E-state index contributed by atoms with van der Waals surface area (Å²) >= 11 is 11.8. The number of carboxylic acids is 3. The van der Waals surface area contributed by atoms with E-state index in [-0.39, 0.29) is 51.8 Å². The first-order valence-electron chi connectivity index (χ1n) is 12.9. The van der Waals surface area contributed by atoms with Crippen molar-refractivity contribution in [3.63, 3.8) is 0 Å². The molecule has 2 unspecified atom stereocenters. The van der Waals surface area contributed by atoms with Gasteiger partial charge in [0.05, 0.1) is 21.8 Å². The average molecular weight is 628 g/mol. The number of amides is 1. The van der Waals surface area contributed by atoms with Crippen molar-refractivity contribution in [3.8, 4) is 0 Å². The van der Waals surface area contributed by atoms with Crippen LogP contribution in [0, 0.1) is 5.92 Å². The van der Waals surface area contributed by atoms with Gasteiger partial charge in [-0.25, -0.2) is 29.4 Å². The summed E-state index contributed by atoms with van der Waals surface area (Å²) in [7, 11) is 0. The van der Waals surface area contributed by atoms with Crippen molar-refractivity contribution in [2.45, 2.75) is 45.2 Å². The number of halogens is 2. The molecule has 14 heteroatoms. The van der Waals surface area contributed by atoms with Crippen LogP contribution < -0.4 is 10.3 Å². The molecule has 0 radical (unpaired) electrons. The molecule has 1 amide bonds. The maximum atomic E-state index is 12.3. The molecule has 4 N–H and O–H groups in total. The van der Waals surface area contributed by atoms with E-state index in [4.69, 9.17) is 28.3 Å². The Morgan fingerprint density at radius 1 is 1.00 bits per heavy atom. The summed E-state index contributed by atoms with van der Waals surface area (Å²) in [4.78, 5) is 55.2. The molecule has 3 aromatic rings. The fourth-order valence-electron chi connectivity index (χ4n) is 4.43. The molecule has 3 heterocycles. The summed E-state index contributed by atoms with van der Waals surface area (Å²) in [6, 6.07) is 13.3. The molecule has 5 rings (SSSR count). The van der Waals surface area contributed by atoms with Crippen LogP contribution in [-0.4, -0.2) is 66.7 Å². The minimum atomic E-state index is -1.51. The number of aromatic nitrogens is 1. The van der Waals surface area contributed by atoms with E-state index in [9.17, 15) is 29.4 Å². The second-order valence-electron chi connectivity index (χ2n) is 10.6. The van der Waals surface area contributed by atoms with E-state index in [2.05, 4.69) is 20.4 Å². The summed E-state index contributed by atoms with van der Waals surface area (Å²) < 4.78 is 0. The Bertz CT molecular complexity index is 1740. The Morgan fingerprint density at radius 2 is 1.67 bits per heavy atom. The van der Waals surface area contributed by atoms with Crippen molar-refractivity contribution in [2.24, 2.45) is 16.0 Å². The summed E-state index contributed by atoms with van der Waals surface area (Å²) in [5, 5.41) is 36.8. The molecule has 2 aromatic carbocycles. The Labute approximate surface area is 255 Å². The third-order valence-corrected chi connectivity index (χ3v) is 7.92. The van der Waals surface area contributed by atoms with E-state index >= 15 is 0 Å². The molecule has 12 nitrogen and oxygen atoms in total. The van der Waals surface area contributed by atoms with Gasteiger partial charge in [-0.15, -0.1) is 0 Å². The maximum Gasteiger partial charge on any atom is 0.352 e. The zero-order valence-electron chi connectivity index (χ0n) is 23.4. The number of rotatable bonds is 6. The summed E-state index contributed by atoms with van der Waals surface area (Å²) in [6.45, 7) is 6.93. The smallest absolute Gasteiger partial charge is 0.352 e. The minimum absolute atomic E-state index is 0.0197. The topological polar surface area (TPSA) is 182 Å². The molecule has 0 saturated carbocycles. The lowest BCUT2D eigenvalue weighted by molar-refractivity contribution is -0.142. The summed E-state index contributed by atoms with van der Waals surface area (Å²) in [6.07, 6.45) is -0.226. The number of carboxylic acid groups (broad SMARTS) is 3. The Morgan fingerprint density at radius 3 is 2.23 bits per heavy atom. The molecule has 0 bridgehead atoms. The van der Waals surface area contributed by atoms with Gasteiger partial charge >= 0.3 is 17.9 Å². The number of fused-ring (bicyclic) bond motifs is 1.